The number of aromatic nitrogens is 1. The lowest BCUT2D eigenvalue weighted by molar-refractivity contribution is 0.0951. The maximum Gasteiger partial charge on any atom is 0.255 e. The van der Waals surface area contributed by atoms with Crippen molar-refractivity contribution in [2.45, 2.75) is 32.7 Å². The highest BCUT2D eigenvalue weighted by Gasteiger charge is 2.23. The van der Waals surface area contributed by atoms with Crippen LogP contribution >= 0.6 is 0 Å². The summed E-state index contributed by atoms with van der Waals surface area (Å²) >= 11 is 0. The molecule has 0 fully saturated rings. The molecule has 3 aromatic rings. The molecule has 1 aromatic heterocycles. The van der Waals surface area contributed by atoms with Gasteiger partial charge in [0.25, 0.3) is 11.5 Å². The van der Waals surface area contributed by atoms with Gasteiger partial charge in [0.1, 0.15) is 5.75 Å². The molecule has 29 heavy (non-hydrogen) atoms. The highest BCUT2D eigenvalue weighted by molar-refractivity contribution is 5.94. The number of carbonyl (C=O) groups excluding carboxylic acids is 1. The predicted octanol–water partition coefficient (Wildman–Crippen LogP) is 4.28. The Morgan fingerprint density at radius 1 is 1.03 bits per heavy atom. The van der Waals surface area contributed by atoms with E-state index < -0.39 is 0 Å². The van der Waals surface area contributed by atoms with E-state index >= 15 is 0 Å². The number of carbonyl (C=O) groups is 1. The lowest BCUT2D eigenvalue weighted by Gasteiger charge is -2.24. The summed E-state index contributed by atoms with van der Waals surface area (Å²) in [4.78, 5) is 27.7. The van der Waals surface area contributed by atoms with Crippen LogP contribution < -0.4 is 15.6 Å². The van der Waals surface area contributed by atoms with Crippen molar-refractivity contribution >= 4 is 5.91 Å². The number of hydrogen-bond acceptors (Lipinski definition) is 3. The molecule has 1 heterocycles. The summed E-state index contributed by atoms with van der Waals surface area (Å²) in [6, 6.07) is 16.5. The summed E-state index contributed by atoms with van der Waals surface area (Å²) in [5, 5.41) is 2.95. The monoisotopic (exact) mass is 390 g/mol. The average Bonchev–Trinajstić information content (AvgIpc) is 2.71. The zero-order chi connectivity index (χ0) is 21.0. The number of benzene rings is 2. The third-order valence-corrected chi connectivity index (χ3v) is 4.82. The van der Waals surface area contributed by atoms with E-state index in [1.54, 1.807) is 37.6 Å². The molecule has 2 aromatic carbocycles. The number of methoxy groups -OCH3 is 1. The molecule has 5 nitrogen and oxygen atoms in total. The van der Waals surface area contributed by atoms with Crippen LogP contribution in [0.3, 0.4) is 0 Å². The minimum atomic E-state index is -0.173. The molecule has 0 saturated heterocycles. The molecule has 150 valence electrons. The molecule has 0 bridgehead atoms. The van der Waals surface area contributed by atoms with Crippen LogP contribution in [0.2, 0.25) is 0 Å². The molecule has 0 aliphatic carbocycles. The van der Waals surface area contributed by atoms with Gasteiger partial charge in [-0.1, -0.05) is 39.0 Å². The maximum absolute atomic E-state index is 12.5. The first kappa shape index (κ1) is 20.4. The number of hydrogen-bond donors (Lipinski definition) is 2. The normalized spacial score (nSPS) is 11.2. The Morgan fingerprint density at radius 3 is 2.38 bits per heavy atom. The van der Waals surface area contributed by atoms with Gasteiger partial charge >= 0.3 is 0 Å². The lowest BCUT2D eigenvalue weighted by Crippen LogP contribution is -2.24. The predicted molar refractivity (Wildman–Crippen MR) is 115 cm³/mol. The van der Waals surface area contributed by atoms with E-state index in [9.17, 15) is 9.59 Å². The molecular formula is C24H26N2O3. The van der Waals surface area contributed by atoms with Gasteiger partial charge in [-0.3, -0.25) is 9.59 Å². The van der Waals surface area contributed by atoms with E-state index in [2.05, 4.69) is 31.1 Å². The van der Waals surface area contributed by atoms with Crippen molar-refractivity contribution in [3.63, 3.8) is 0 Å². The largest absolute Gasteiger partial charge is 0.496 e. The number of aromatic amines is 1. The smallest absolute Gasteiger partial charge is 0.255 e. The molecule has 0 radical (unpaired) electrons. The van der Waals surface area contributed by atoms with E-state index in [1.165, 1.54) is 0 Å². The summed E-state index contributed by atoms with van der Waals surface area (Å²) in [7, 11) is 1.63. The Morgan fingerprint density at radius 2 is 1.76 bits per heavy atom. The number of amides is 1. The summed E-state index contributed by atoms with van der Waals surface area (Å²) in [6.07, 6.45) is 1.61. The van der Waals surface area contributed by atoms with Crippen molar-refractivity contribution in [1.82, 2.24) is 10.3 Å². The van der Waals surface area contributed by atoms with Crippen molar-refractivity contribution in [3.8, 4) is 16.9 Å². The van der Waals surface area contributed by atoms with Crippen molar-refractivity contribution in [2.75, 3.05) is 7.11 Å². The van der Waals surface area contributed by atoms with E-state index in [4.69, 9.17) is 4.74 Å². The summed E-state index contributed by atoms with van der Waals surface area (Å²) in [5.41, 5.74) is 3.40. The standard InChI is InChI=1S/C24H26N2O3/c1-24(2,3)20-14-19(18-11-8-12-25-23(18)28)17(13-21(20)29-4)15-26-22(27)16-9-6-5-7-10-16/h5-14H,15H2,1-4H3,(H,25,28)(H,26,27). The van der Waals surface area contributed by atoms with Crippen LogP contribution in [0.15, 0.2) is 65.6 Å². The Kier molecular flexibility index (Phi) is 5.87. The second kappa shape index (κ2) is 8.35. The third kappa shape index (κ3) is 4.57. The maximum atomic E-state index is 12.5. The Balaban J connectivity index is 2.06. The summed E-state index contributed by atoms with van der Waals surface area (Å²) < 4.78 is 5.63. The Hall–Kier alpha value is -3.34. The minimum absolute atomic E-state index is 0.169. The topological polar surface area (TPSA) is 71.2 Å². The van der Waals surface area contributed by atoms with Crippen LogP contribution in [0.25, 0.3) is 11.1 Å². The first-order chi connectivity index (χ1) is 13.8. The van der Waals surface area contributed by atoms with Crippen LogP contribution in [-0.4, -0.2) is 18.0 Å². The molecule has 0 saturated carbocycles. The minimum Gasteiger partial charge on any atom is -0.496 e. The van der Waals surface area contributed by atoms with Crippen LogP contribution in [0.4, 0.5) is 0 Å². The Labute approximate surface area is 170 Å². The first-order valence-electron chi connectivity index (χ1n) is 9.54. The molecule has 0 spiro atoms. The lowest BCUT2D eigenvalue weighted by atomic mass is 9.83. The molecule has 0 aliphatic heterocycles. The third-order valence-electron chi connectivity index (χ3n) is 4.82. The van der Waals surface area contributed by atoms with Gasteiger partial charge in [0.15, 0.2) is 0 Å². The van der Waals surface area contributed by atoms with Crippen LogP contribution in [0.1, 0.15) is 42.3 Å². The molecule has 2 N–H and O–H groups in total. The van der Waals surface area contributed by atoms with Gasteiger partial charge in [-0.15, -0.1) is 0 Å². The van der Waals surface area contributed by atoms with E-state index in [1.807, 2.05) is 30.3 Å². The zero-order valence-electron chi connectivity index (χ0n) is 17.2. The second-order valence-electron chi connectivity index (χ2n) is 7.92. The van der Waals surface area contributed by atoms with Gasteiger partial charge < -0.3 is 15.0 Å². The van der Waals surface area contributed by atoms with Crippen molar-refractivity contribution in [1.29, 1.82) is 0 Å². The van der Waals surface area contributed by atoms with E-state index in [-0.39, 0.29) is 23.4 Å². The summed E-state index contributed by atoms with van der Waals surface area (Å²) in [6.45, 7) is 6.57. The van der Waals surface area contributed by atoms with Gasteiger partial charge in [0.2, 0.25) is 0 Å². The fraction of sp³-hybridized carbons (Fsp3) is 0.250. The fourth-order valence-corrected chi connectivity index (χ4v) is 3.27. The second-order valence-corrected chi connectivity index (χ2v) is 7.92. The highest BCUT2D eigenvalue weighted by Crippen LogP contribution is 2.36. The van der Waals surface area contributed by atoms with Crippen LogP contribution in [0, 0.1) is 0 Å². The van der Waals surface area contributed by atoms with Crippen LogP contribution in [0.5, 0.6) is 5.75 Å². The van der Waals surface area contributed by atoms with Crippen molar-refractivity contribution < 1.29 is 9.53 Å². The van der Waals surface area contributed by atoms with Gasteiger partial charge in [0, 0.05) is 29.4 Å². The molecule has 0 atom stereocenters. The van der Waals surface area contributed by atoms with Crippen LogP contribution in [-0.2, 0) is 12.0 Å². The number of H-pyrrole nitrogens is 1. The number of ether oxygens (including phenoxy) is 1. The molecular weight excluding hydrogens is 364 g/mol. The Bertz CT molecular complexity index is 1060. The molecule has 3 rings (SSSR count). The summed E-state index contributed by atoms with van der Waals surface area (Å²) in [5.74, 6) is 0.565. The highest BCUT2D eigenvalue weighted by atomic mass is 16.5. The SMILES string of the molecule is COc1cc(CNC(=O)c2ccccc2)c(-c2ccc[nH]c2=O)cc1C(C)(C)C. The van der Waals surface area contributed by atoms with Crippen molar-refractivity contribution in [2.24, 2.45) is 0 Å². The van der Waals surface area contributed by atoms with Gasteiger partial charge in [0.05, 0.1) is 7.11 Å². The van der Waals surface area contributed by atoms with E-state index in [0.29, 0.717) is 11.1 Å². The van der Waals surface area contributed by atoms with Crippen molar-refractivity contribution in [3.05, 3.63) is 87.8 Å². The van der Waals surface area contributed by atoms with Gasteiger partial charge in [-0.05, 0) is 52.9 Å². The number of pyridine rings is 1. The van der Waals surface area contributed by atoms with E-state index in [0.717, 1.165) is 22.4 Å². The average molecular weight is 390 g/mol. The number of nitrogens with one attached hydrogen (secondary N) is 2. The quantitative estimate of drug-likeness (QED) is 0.683. The molecule has 1 amide bonds. The van der Waals surface area contributed by atoms with Gasteiger partial charge in [-0.2, -0.15) is 0 Å². The van der Waals surface area contributed by atoms with Gasteiger partial charge in [-0.25, -0.2) is 0 Å². The first-order valence-corrected chi connectivity index (χ1v) is 9.54. The fourth-order valence-electron chi connectivity index (χ4n) is 3.27. The molecule has 5 heteroatoms. The molecule has 0 aliphatic rings. The zero-order valence-corrected chi connectivity index (χ0v) is 17.2. The number of rotatable bonds is 5. The molecule has 0 unspecified atom stereocenters.